The summed E-state index contributed by atoms with van der Waals surface area (Å²) in [5.74, 6) is 1.89. The Morgan fingerprint density at radius 1 is 0.719 bits per heavy atom. The molecule has 156 valence electrons. The highest BCUT2D eigenvalue weighted by atomic mass is 15.3. The fourth-order valence-electron chi connectivity index (χ4n) is 4.69. The van der Waals surface area contributed by atoms with Crippen molar-refractivity contribution in [3.63, 3.8) is 0 Å². The largest absolute Gasteiger partial charge is 0.309 e. The third-order valence-electron chi connectivity index (χ3n) is 6.23. The minimum Gasteiger partial charge on any atom is -0.309 e. The van der Waals surface area contributed by atoms with Gasteiger partial charge in [-0.15, -0.1) is 10.2 Å². The maximum absolute atomic E-state index is 4.62. The van der Waals surface area contributed by atoms with Crippen LogP contribution in [0.25, 0.3) is 22.3 Å². The molecule has 0 unspecified atom stereocenters. The van der Waals surface area contributed by atoms with Crippen LogP contribution in [0, 0.1) is 0 Å². The van der Waals surface area contributed by atoms with Crippen molar-refractivity contribution in [2.45, 2.75) is 19.1 Å². The molecule has 3 heterocycles. The van der Waals surface area contributed by atoms with E-state index in [0.717, 1.165) is 47.7 Å². The van der Waals surface area contributed by atoms with Gasteiger partial charge >= 0.3 is 0 Å². The molecule has 1 aliphatic heterocycles. The number of fused-ring (bicyclic) bond motifs is 2. The molecule has 0 fully saturated rings. The fourth-order valence-corrected chi connectivity index (χ4v) is 4.69. The molecule has 0 spiro atoms. The van der Waals surface area contributed by atoms with Crippen LogP contribution < -0.4 is 0 Å². The monoisotopic (exact) mass is 417 g/mol. The van der Waals surface area contributed by atoms with Crippen LogP contribution in [0.15, 0.2) is 97.2 Å². The summed E-state index contributed by atoms with van der Waals surface area (Å²) in [5, 5.41) is 10.3. The number of para-hydroxylation sites is 1. The Hall–Kier alpha value is -3.83. The zero-order valence-corrected chi connectivity index (χ0v) is 17.7. The minimum atomic E-state index is 0.189. The number of aromatic nitrogens is 4. The molecule has 0 atom stereocenters. The molecule has 0 radical (unpaired) electrons. The van der Waals surface area contributed by atoms with Gasteiger partial charge in [-0.1, -0.05) is 78.9 Å². The molecular formula is C27H23N5. The molecule has 0 amide bonds. The van der Waals surface area contributed by atoms with E-state index >= 15 is 0 Å². The lowest BCUT2D eigenvalue weighted by atomic mass is 9.96. The Balaban J connectivity index is 1.35. The minimum absolute atomic E-state index is 0.189. The Kier molecular flexibility index (Phi) is 4.74. The normalized spacial score (nSPS) is 14.0. The van der Waals surface area contributed by atoms with E-state index in [4.69, 9.17) is 0 Å². The number of hydrogen-bond donors (Lipinski definition) is 0. The van der Waals surface area contributed by atoms with Crippen LogP contribution in [-0.4, -0.2) is 31.2 Å². The lowest BCUT2D eigenvalue weighted by Crippen LogP contribution is -2.37. The van der Waals surface area contributed by atoms with E-state index in [9.17, 15) is 0 Å². The van der Waals surface area contributed by atoms with Crippen LogP contribution in [0.4, 0.5) is 0 Å². The summed E-state index contributed by atoms with van der Waals surface area (Å²) in [4.78, 5) is 7.11. The Morgan fingerprint density at radius 2 is 1.41 bits per heavy atom. The summed E-state index contributed by atoms with van der Waals surface area (Å²) in [6.07, 6.45) is 1.91. The zero-order valence-electron chi connectivity index (χ0n) is 17.7. The standard InChI is InChI=1S/C27H23N5/c1-3-9-20(10-4-1)26(21-11-5-2-6-12-21)31-15-16-32-25(19-31)29-30-27(32)23-17-22-13-7-8-14-24(22)28-18-23/h1-14,17-18,26H,15-16,19H2. The molecule has 3 aromatic carbocycles. The van der Waals surface area contributed by atoms with Crippen molar-refractivity contribution in [1.82, 2.24) is 24.6 Å². The van der Waals surface area contributed by atoms with Crippen molar-refractivity contribution >= 4 is 10.9 Å². The van der Waals surface area contributed by atoms with Gasteiger partial charge in [0.05, 0.1) is 18.1 Å². The highest BCUT2D eigenvalue weighted by molar-refractivity contribution is 5.82. The van der Waals surface area contributed by atoms with E-state index < -0.39 is 0 Å². The third-order valence-corrected chi connectivity index (χ3v) is 6.23. The summed E-state index contributed by atoms with van der Waals surface area (Å²) >= 11 is 0. The van der Waals surface area contributed by atoms with Crippen molar-refractivity contribution in [3.05, 3.63) is 114 Å². The molecule has 0 saturated heterocycles. The highest BCUT2D eigenvalue weighted by Crippen LogP contribution is 2.32. The van der Waals surface area contributed by atoms with Gasteiger partial charge in [0.1, 0.15) is 5.82 Å². The molecule has 1 aliphatic rings. The first-order chi connectivity index (χ1) is 15.9. The second-order valence-electron chi connectivity index (χ2n) is 8.20. The topological polar surface area (TPSA) is 46.8 Å². The first-order valence-corrected chi connectivity index (χ1v) is 11.0. The van der Waals surface area contributed by atoms with Gasteiger partial charge in [-0.25, -0.2) is 0 Å². The van der Waals surface area contributed by atoms with Crippen LogP contribution >= 0.6 is 0 Å². The highest BCUT2D eigenvalue weighted by Gasteiger charge is 2.29. The first kappa shape index (κ1) is 18.9. The van der Waals surface area contributed by atoms with Gasteiger partial charge in [-0.05, 0) is 23.3 Å². The molecule has 5 heteroatoms. The number of pyridine rings is 1. The quantitative estimate of drug-likeness (QED) is 0.408. The SMILES string of the molecule is c1ccc(C(c2ccccc2)N2CCn3c(nnc3-c3cnc4ccccc4c3)C2)cc1. The lowest BCUT2D eigenvalue weighted by Gasteiger charge is -2.35. The van der Waals surface area contributed by atoms with Gasteiger partial charge < -0.3 is 4.57 Å². The average molecular weight is 418 g/mol. The van der Waals surface area contributed by atoms with Gasteiger partial charge in [0, 0.05) is 30.2 Å². The molecule has 5 nitrogen and oxygen atoms in total. The molecule has 0 N–H and O–H groups in total. The summed E-state index contributed by atoms with van der Waals surface area (Å²) in [7, 11) is 0. The van der Waals surface area contributed by atoms with Crippen molar-refractivity contribution in [3.8, 4) is 11.4 Å². The molecule has 0 saturated carbocycles. The molecule has 0 aliphatic carbocycles. The summed E-state index contributed by atoms with van der Waals surface area (Å²) < 4.78 is 2.25. The van der Waals surface area contributed by atoms with E-state index in [1.165, 1.54) is 11.1 Å². The van der Waals surface area contributed by atoms with Gasteiger partial charge in [-0.2, -0.15) is 0 Å². The summed E-state index contributed by atoms with van der Waals surface area (Å²) in [5.41, 5.74) is 4.60. The number of hydrogen-bond acceptors (Lipinski definition) is 4. The van der Waals surface area contributed by atoms with Crippen molar-refractivity contribution in [2.75, 3.05) is 6.54 Å². The van der Waals surface area contributed by atoms with E-state index in [0.29, 0.717) is 0 Å². The van der Waals surface area contributed by atoms with Crippen LogP contribution in [0.2, 0.25) is 0 Å². The van der Waals surface area contributed by atoms with Crippen molar-refractivity contribution in [2.24, 2.45) is 0 Å². The summed E-state index contributed by atoms with van der Waals surface area (Å²) in [6.45, 7) is 2.52. The Morgan fingerprint density at radius 3 is 2.16 bits per heavy atom. The molecule has 2 aromatic heterocycles. The number of rotatable bonds is 4. The first-order valence-electron chi connectivity index (χ1n) is 11.0. The fraction of sp³-hybridized carbons (Fsp3) is 0.148. The number of nitrogens with zero attached hydrogens (tertiary/aromatic N) is 5. The number of benzene rings is 3. The van der Waals surface area contributed by atoms with Crippen LogP contribution in [0.3, 0.4) is 0 Å². The van der Waals surface area contributed by atoms with E-state index in [2.05, 4.69) is 97.4 Å². The van der Waals surface area contributed by atoms with Gasteiger partial charge in [-0.3, -0.25) is 9.88 Å². The van der Waals surface area contributed by atoms with Gasteiger partial charge in [0.25, 0.3) is 0 Å². The third kappa shape index (κ3) is 3.37. The predicted molar refractivity (Wildman–Crippen MR) is 126 cm³/mol. The maximum atomic E-state index is 4.62. The van der Waals surface area contributed by atoms with Crippen molar-refractivity contribution in [1.29, 1.82) is 0 Å². The van der Waals surface area contributed by atoms with Crippen LogP contribution in [0.5, 0.6) is 0 Å². The van der Waals surface area contributed by atoms with Gasteiger partial charge in [0.15, 0.2) is 5.82 Å². The van der Waals surface area contributed by atoms with Crippen LogP contribution in [0.1, 0.15) is 23.0 Å². The van der Waals surface area contributed by atoms with Gasteiger partial charge in [0.2, 0.25) is 0 Å². The van der Waals surface area contributed by atoms with E-state index in [1.807, 2.05) is 24.4 Å². The molecular weight excluding hydrogens is 394 g/mol. The Labute approximate surface area is 187 Å². The molecule has 6 rings (SSSR count). The summed E-state index contributed by atoms with van der Waals surface area (Å²) in [6, 6.07) is 32.0. The van der Waals surface area contributed by atoms with Crippen molar-refractivity contribution < 1.29 is 0 Å². The molecule has 5 aromatic rings. The molecule has 32 heavy (non-hydrogen) atoms. The van der Waals surface area contributed by atoms with Crippen LogP contribution in [-0.2, 0) is 13.1 Å². The second-order valence-corrected chi connectivity index (χ2v) is 8.20. The predicted octanol–water partition coefficient (Wildman–Crippen LogP) is 5.10. The maximum Gasteiger partial charge on any atom is 0.165 e. The smallest absolute Gasteiger partial charge is 0.165 e. The second kappa shape index (κ2) is 8.02. The lowest BCUT2D eigenvalue weighted by molar-refractivity contribution is 0.176. The van der Waals surface area contributed by atoms with E-state index in [-0.39, 0.29) is 6.04 Å². The molecule has 0 bridgehead atoms. The van der Waals surface area contributed by atoms with E-state index in [1.54, 1.807) is 0 Å². The average Bonchev–Trinajstić information content (AvgIpc) is 3.29. The zero-order chi connectivity index (χ0) is 21.3. The Bertz CT molecular complexity index is 1320.